The third-order valence-corrected chi connectivity index (χ3v) is 4.49. The molecule has 0 unspecified atom stereocenters. The highest BCUT2D eigenvalue weighted by atomic mass is 35.5. The Labute approximate surface area is 171 Å². The highest BCUT2D eigenvalue weighted by molar-refractivity contribution is 6.31. The molecular formula is C22H17ClF3NO2. The lowest BCUT2D eigenvalue weighted by Gasteiger charge is -2.12. The molecule has 3 aromatic carbocycles. The maximum Gasteiger partial charge on any atom is 0.417 e. The molecule has 0 fully saturated rings. The second-order valence-electron chi connectivity index (χ2n) is 6.42. The number of ether oxygens (including phenoxy) is 1. The Morgan fingerprint density at radius 1 is 0.966 bits per heavy atom. The molecule has 0 aliphatic heterocycles. The Kier molecular flexibility index (Phi) is 6.13. The normalized spacial score (nSPS) is 11.2. The Hall–Kier alpha value is -2.99. The highest BCUT2D eigenvalue weighted by Gasteiger charge is 2.33. The summed E-state index contributed by atoms with van der Waals surface area (Å²) >= 11 is 5.57. The molecule has 3 nitrogen and oxygen atoms in total. The Bertz CT molecular complexity index is 1000. The fourth-order valence-electron chi connectivity index (χ4n) is 2.66. The Morgan fingerprint density at radius 2 is 1.55 bits per heavy atom. The zero-order valence-corrected chi connectivity index (χ0v) is 16.1. The van der Waals surface area contributed by atoms with Crippen LogP contribution < -0.4 is 10.1 Å². The van der Waals surface area contributed by atoms with Gasteiger partial charge < -0.3 is 10.1 Å². The molecule has 3 rings (SSSR count). The molecule has 7 heteroatoms. The van der Waals surface area contributed by atoms with E-state index in [9.17, 15) is 18.0 Å². The molecule has 0 aliphatic carbocycles. The SMILES string of the molecule is Cc1ccc(-c2ccc(OCC(=O)Nc3ccc(Cl)c(C(F)(F)F)c3)cc2)cc1. The maximum atomic E-state index is 12.9. The minimum absolute atomic E-state index is 0.00922. The van der Waals surface area contributed by atoms with E-state index in [1.54, 1.807) is 12.1 Å². The average Bonchev–Trinajstić information content (AvgIpc) is 2.68. The van der Waals surface area contributed by atoms with Gasteiger partial charge in [0, 0.05) is 5.69 Å². The highest BCUT2D eigenvalue weighted by Crippen LogP contribution is 2.36. The zero-order chi connectivity index (χ0) is 21.0. The number of hydrogen-bond donors (Lipinski definition) is 1. The van der Waals surface area contributed by atoms with Gasteiger partial charge in [0.2, 0.25) is 0 Å². The van der Waals surface area contributed by atoms with Crippen molar-refractivity contribution in [1.82, 2.24) is 0 Å². The molecule has 0 heterocycles. The largest absolute Gasteiger partial charge is 0.484 e. The maximum absolute atomic E-state index is 12.9. The summed E-state index contributed by atoms with van der Waals surface area (Å²) in [4.78, 5) is 12.0. The second kappa shape index (κ2) is 8.57. The summed E-state index contributed by atoms with van der Waals surface area (Å²) in [5.41, 5.74) is 2.21. The lowest BCUT2D eigenvalue weighted by Crippen LogP contribution is -2.20. The predicted molar refractivity (Wildman–Crippen MR) is 107 cm³/mol. The summed E-state index contributed by atoms with van der Waals surface area (Å²) in [5.74, 6) is -0.105. The van der Waals surface area contributed by atoms with Crippen LogP contribution in [0.3, 0.4) is 0 Å². The van der Waals surface area contributed by atoms with Crippen LogP contribution in [0, 0.1) is 6.92 Å². The molecular weight excluding hydrogens is 403 g/mol. The number of anilines is 1. The van der Waals surface area contributed by atoms with Crippen LogP contribution in [0.5, 0.6) is 5.75 Å². The first-order valence-electron chi connectivity index (χ1n) is 8.69. The first kappa shape index (κ1) is 20.7. The van der Waals surface area contributed by atoms with Gasteiger partial charge in [-0.2, -0.15) is 13.2 Å². The summed E-state index contributed by atoms with van der Waals surface area (Å²) in [7, 11) is 0. The number of amides is 1. The smallest absolute Gasteiger partial charge is 0.417 e. The van der Waals surface area contributed by atoms with E-state index in [0.717, 1.165) is 23.3 Å². The molecule has 0 atom stereocenters. The van der Waals surface area contributed by atoms with Crippen molar-refractivity contribution in [1.29, 1.82) is 0 Å². The van der Waals surface area contributed by atoms with Crippen molar-refractivity contribution in [2.45, 2.75) is 13.1 Å². The zero-order valence-electron chi connectivity index (χ0n) is 15.4. The molecule has 0 spiro atoms. The van der Waals surface area contributed by atoms with Gasteiger partial charge >= 0.3 is 6.18 Å². The van der Waals surface area contributed by atoms with Gasteiger partial charge in [0.25, 0.3) is 5.91 Å². The first-order valence-corrected chi connectivity index (χ1v) is 9.07. The Morgan fingerprint density at radius 3 is 2.14 bits per heavy atom. The lowest BCUT2D eigenvalue weighted by molar-refractivity contribution is -0.137. The topological polar surface area (TPSA) is 38.3 Å². The molecule has 3 aromatic rings. The summed E-state index contributed by atoms with van der Waals surface area (Å²) in [6.07, 6.45) is -4.60. The first-order chi connectivity index (χ1) is 13.7. The van der Waals surface area contributed by atoms with Crippen LogP contribution in [-0.4, -0.2) is 12.5 Å². The van der Waals surface area contributed by atoms with E-state index in [1.165, 1.54) is 11.6 Å². The number of halogens is 4. The number of carbonyl (C=O) groups is 1. The van der Waals surface area contributed by atoms with Gasteiger partial charge in [-0.1, -0.05) is 53.6 Å². The van der Waals surface area contributed by atoms with Crippen LogP contribution in [0.2, 0.25) is 5.02 Å². The monoisotopic (exact) mass is 419 g/mol. The molecule has 150 valence electrons. The Balaban J connectivity index is 1.59. The number of alkyl halides is 3. The van der Waals surface area contributed by atoms with Crippen LogP contribution in [0.15, 0.2) is 66.7 Å². The molecule has 1 amide bonds. The minimum Gasteiger partial charge on any atom is -0.484 e. The van der Waals surface area contributed by atoms with Crippen LogP contribution in [0.25, 0.3) is 11.1 Å². The third-order valence-electron chi connectivity index (χ3n) is 4.16. The van der Waals surface area contributed by atoms with E-state index in [1.807, 2.05) is 43.3 Å². The van der Waals surface area contributed by atoms with Crippen LogP contribution >= 0.6 is 11.6 Å². The number of nitrogens with one attached hydrogen (secondary N) is 1. The molecule has 0 aliphatic rings. The van der Waals surface area contributed by atoms with E-state index in [4.69, 9.17) is 16.3 Å². The van der Waals surface area contributed by atoms with Gasteiger partial charge in [0.05, 0.1) is 10.6 Å². The average molecular weight is 420 g/mol. The molecule has 0 saturated carbocycles. The van der Waals surface area contributed by atoms with Crippen LogP contribution in [0.1, 0.15) is 11.1 Å². The van der Waals surface area contributed by atoms with E-state index in [2.05, 4.69) is 5.32 Å². The molecule has 0 aromatic heterocycles. The van der Waals surface area contributed by atoms with Crippen molar-refractivity contribution in [2.24, 2.45) is 0 Å². The lowest BCUT2D eigenvalue weighted by atomic mass is 10.0. The molecule has 1 N–H and O–H groups in total. The van der Waals surface area contributed by atoms with Crippen LogP contribution in [0.4, 0.5) is 18.9 Å². The van der Waals surface area contributed by atoms with Gasteiger partial charge in [-0.15, -0.1) is 0 Å². The van der Waals surface area contributed by atoms with E-state index in [0.29, 0.717) is 5.75 Å². The molecule has 0 bridgehead atoms. The number of hydrogen-bond acceptors (Lipinski definition) is 2. The molecule has 0 radical (unpaired) electrons. The molecule has 29 heavy (non-hydrogen) atoms. The van der Waals surface area contributed by atoms with Crippen molar-refractivity contribution < 1.29 is 22.7 Å². The minimum atomic E-state index is -4.60. The molecule has 0 saturated heterocycles. The summed E-state index contributed by atoms with van der Waals surface area (Å²) in [6.45, 7) is 1.67. The quantitative estimate of drug-likeness (QED) is 0.523. The van der Waals surface area contributed by atoms with E-state index >= 15 is 0 Å². The number of benzene rings is 3. The van der Waals surface area contributed by atoms with Crippen molar-refractivity contribution in [3.8, 4) is 16.9 Å². The fourth-order valence-corrected chi connectivity index (χ4v) is 2.88. The van der Waals surface area contributed by atoms with Crippen molar-refractivity contribution >= 4 is 23.2 Å². The van der Waals surface area contributed by atoms with Gasteiger partial charge in [-0.05, 0) is 48.4 Å². The number of aryl methyl sites for hydroxylation is 1. The fraction of sp³-hybridized carbons (Fsp3) is 0.136. The summed E-state index contributed by atoms with van der Waals surface area (Å²) in [6, 6.07) is 18.4. The third kappa shape index (κ3) is 5.51. The van der Waals surface area contributed by atoms with Gasteiger partial charge in [-0.25, -0.2) is 0 Å². The summed E-state index contributed by atoms with van der Waals surface area (Å²) in [5, 5.41) is 1.94. The number of carbonyl (C=O) groups excluding carboxylic acids is 1. The van der Waals surface area contributed by atoms with Crippen molar-refractivity contribution in [2.75, 3.05) is 11.9 Å². The number of rotatable bonds is 5. The predicted octanol–water partition coefficient (Wildman–Crippen LogP) is 6.35. The standard InChI is InChI=1S/C22H17ClF3NO2/c1-14-2-4-15(5-3-14)16-6-9-18(10-7-16)29-13-21(28)27-17-8-11-20(23)19(12-17)22(24,25)26/h2-12H,13H2,1H3,(H,27,28). The van der Waals surface area contributed by atoms with Crippen molar-refractivity contribution in [3.05, 3.63) is 82.9 Å². The van der Waals surface area contributed by atoms with E-state index < -0.39 is 22.7 Å². The van der Waals surface area contributed by atoms with Gasteiger partial charge in [0.15, 0.2) is 6.61 Å². The van der Waals surface area contributed by atoms with Gasteiger partial charge in [0.1, 0.15) is 5.75 Å². The van der Waals surface area contributed by atoms with Crippen molar-refractivity contribution in [3.63, 3.8) is 0 Å². The van der Waals surface area contributed by atoms with Gasteiger partial charge in [-0.3, -0.25) is 4.79 Å². The van der Waals surface area contributed by atoms with E-state index in [-0.39, 0.29) is 12.3 Å². The summed E-state index contributed by atoms with van der Waals surface area (Å²) < 4.78 is 44.1. The van der Waals surface area contributed by atoms with Crippen LogP contribution in [-0.2, 0) is 11.0 Å². The second-order valence-corrected chi connectivity index (χ2v) is 6.83.